The molecule has 0 unspecified atom stereocenters. The Labute approximate surface area is 209 Å². The maximum Gasteiger partial charge on any atom is 0.251 e. The highest BCUT2D eigenvalue weighted by atomic mass is 19.1. The van der Waals surface area contributed by atoms with Crippen LogP contribution in [0, 0.1) is 5.82 Å². The van der Waals surface area contributed by atoms with E-state index in [1.165, 1.54) is 12.1 Å². The molecule has 182 valence electrons. The summed E-state index contributed by atoms with van der Waals surface area (Å²) in [6.07, 6.45) is 1.96. The van der Waals surface area contributed by atoms with E-state index in [1.54, 1.807) is 18.2 Å². The number of rotatable bonds is 9. The fourth-order valence-corrected chi connectivity index (χ4v) is 4.31. The molecule has 6 heteroatoms. The van der Waals surface area contributed by atoms with Crippen LogP contribution in [0.3, 0.4) is 0 Å². The SMILES string of the molecule is CCCCNC(=O)c1ccc2c(c1)nc(COc1ccc3ccccc3c1)n2Cc1cccc(F)c1. The summed E-state index contributed by atoms with van der Waals surface area (Å²) in [5.74, 6) is 1.05. The summed E-state index contributed by atoms with van der Waals surface area (Å²) in [6, 6.07) is 26.2. The number of fused-ring (bicyclic) bond motifs is 2. The lowest BCUT2D eigenvalue weighted by Crippen LogP contribution is -2.24. The first kappa shape index (κ1) is 23.5. The highest BCUT2D eigenvalue weighted by Gasteiger charge is 2.15. The Morgan fingerprint density at radius 2 is 1.83 bits per heavy atom. The van der Waals surface area contributed by atoms with Crippen LogP contribution >= 0.6 is 0 Å². The molecule has 1 N–H and O–H groups in total. The van der Waals surface area contributed by atoms with Crippen LogP contribution in [-0.4, -0.2) is 22.0 Å². The Morgan fingerprint density at radius 3 is 2.67 bits per heavy atom. The third-order valence-electron chi connectivity index (χ3n) is 6.22. The van der Waals surface area contributed by atoms with Gasteiger partial charge in [0.15, 0.2) is 0 Å². The van der Waals surface area contributed by atoms with Gasteiger partial charge in [-0.3, -0.25) is 4.79 Å². The third kappa shape index (κ3) is 5.23. The van der Waals surface area contributed by atoms with E-state index in [0.717, 1.165) is 40.4 Å². The molecule has 5 rings (SSSR count). The van der Waals surface area contributed by atoms with E-state index < -0.39 is 0 Å². The molecule has 5 nitrogen and oxygen atoms in total. The van der Waals surface area contributed by atoms with Crippen LogP contribution < -0.4 is 10.1 Å². The van der Waals surface area contributed by atoms with E-state index in [2.05, 4.69) is 24.4 Å². The van der Waals surface area contributed by atoms with E-state index in [1.807, 2.05) is 47.0 Å². The average Bonchev–Trinajstić information content (AvgIpc) is 3.23. The molecule has 0 aliphatic heterocycles. The molecule has 0 fully saturated rings. The van der Waals surface area contributed by atoms with Crippen molar-refractivity contribution < 1.29 is 13.9 Å². The van der Waals surface area contributed by atoms with E-state index in [-0.39, 0.29) is 18.3 Å². The second kappa shape index (κ2) is 10.6. The zero-order valence-corrected chi connectivity index (χ0v) is 20.2. The molecule has 0 aliphatic rings. The largest absolute Gasteiger partial charge is 0.486 e. The van der Waals surface area contributed by atoms with Gasteiger partial charge < -0.3 is 14.6 Å². The fraction of sp³-hybridized carbons (Fsp3) is 0.200. The minimum atomic E-state index is -0.281. The molecule has 0 bridgehead atoms. The smallest absolute Gasteiger partial charge is 0.251 e. The van der Waals surface area contributed by atoms with Crippen LogP contribution in [-0.2, 0) is 13.2 Å². The summed E-state index contributed by atoms with van der Waals surface area (Å²) < 4.78 is 22.0. The number of carbonyl (C=O) groups is 1. The summed E-state index contributed by atoms with van der Waals surface area (Å²) in [4.78, 5) is 17.4. The number of nitrogens with zero attached hydrogens (tertiary/aromatic N) is 2. The highest BCUT2D eigenvalue weighted by molar-refractivity contribution is 5.97. The van der Waals surface area contributed by atoms with Gasteiger partial charge in [-0.25, -0.2) is 9.37 Å². The summed E-state index contributed by atoms with van der Waals surface area (Å²) >= 11 is 0. The van der Waals surface area contributed by atoms with Crippen LogP contribution in [0.1, 0.15) is 41.5 Å². The Bertz CT molecular complexity index is 1530. The first-order valence-electron chi connectivity index (χ1n) is 12.2. The molecule has 1 heterocycles. The second-order valence-corrected chi connectivity index (χ2v) is 8.85. The highest BCUT2D eigenvalue weighted by Crippen LogP contribution is 2.24. The monoisotopic (exact) mass is 481 g/mol. The van der Waals surface area contributed by atoms with Crippen molar-refractivity contribution in [2.24, 2.45) is 0 Å². The van der Waals surface area contributed by atoms with Gasteiger partial charge >= 0.3 is 0 Å². The molecule has 36 heavy (non-hydrogen) atoms. The molecular weight excluding hydrogens is 453 g/mol. The van der Waals surface area contributed by atoms with Crippen molar-refractivity contribution in [3.8, 4) is 5.75 Å². The minimum absolute atomic E-state index is 0.112. The predicted molar refractivity (Wildman–Crippen MR) is 141 cm³/mol. The summed E-state index contributed by atoms with van der Waals surface area (Å²) in [5.41, 5.74) is 2.95. The summed E-state index contributed by atoms with van der Waals surface area (Å²) in [7, 11) is 0. The number of carbonyl (C=O) groups excluding carboxylic acids is 1. The Hall–Kier alpha value is -4.19. The molecule has 1 aromatic heterocycles. The van der Waals surface area contributed by atoms with Gasteiger partial charge in [-0.15, -0.1) is 0 Å². The maximum atomic E-state index is 13.9. The van der Waals surface area contributed by atoms with Crippen molar-refractivity contribution in [1.82, 2.24) is 14.9 Å². The van der Waals surface area contributed by atoms with E-state index in [4.69, 9.17) is 9.72 Å². The fourth-order valence-electron chi connectivity index (χ4n) is 4.31. The molecule has 0 atom stereocenters. The van der Waals surface area contributed by atoms with Crippen LogP contribution in [0.4, 0.5) is 4.39 Å². The first-order valence-corrected chi connectivity index (χ1v) is 12.2. The van der Waals surface area contributed by atoms with Gasteiger partial charge in [0.25, 0.3) is 5.91 Å². The number of amides is 1. The molecule has 0 saturated carbocycles. The molecule has 0 radical (unpaired) electrons. The standard InChI is InChI=1S/C30H28FN3O2/c1-2-3-15-32-30(35)24-12-14-28-27(18-24)33-29(34(28)19-21-7-6-10-25(31)16-21)20-36-26-13-11-22-8-4-5-9-23(22)17-26/h4-14,16-18H,2-3,15,19-20H2,1H3,(H,32,35). The topological polar surface area (TPSA) is 56.1 Å². The lowest BCUT2D eigenvalue weighted by atomic mass is 10.1. The Morgan fingerprint density at radius 1 is 0.972 bits per heavy atom. The van der Waals surface area contributed by atoms with Crippen molar-refractivity contribution in [3.63, 3.8) is 0 Å². The van der Waals surface area contributed by atoms with Gasteiger partial charge in [-0.1, -0.05) is 55.8 Å². The number of nitrogens with one attached hydrogen (secondary N) is 1. The summed E-state index contributed by atoms with van der Waals surface area (Å²) in [5, 5.41) is 5.20. The zero-order valence-electron chi connectivity index (χ0n) is 20.2. The van der Waals surface area contributed by atoms with E-state index in [9.17, 15) is 9.18 Å². The summed E-state index contributed by atoms with van der Waals surface area (Å²) in [6.45, 7) is 3.41. The second-order valence-electron chi connectivity index (χ2n) is 8.85. The number of ether oxygens (including phenoxy) is 1. The van der Waals surface area contributed by atoms with Crippen molar-refractivity contribution in [3.05, 3.63) is 108 Å². The number of aromatic nitrogens is 2. The molecule has 0 saturated heterocycles. The average molecular weight is 482 g/mol. The van der Waals surface area contributed by atoms with Crippen molar-refractivity contribution in [2.75, 3.05) is 6.54 Å². The lowest BCUT2D eigenvalue weighted by molar-refractivity contribution is 0.0953. The lowest BCUT2D eigenvalue weighted by Gasteiger charge is -2.12. The Kier molecular flexibility index (Phi) is 6.94. The van der Waals surface area contributed by atoms with E-state index >= 15 is 0 Å². The quantitative estimate of drug-likeness (QED) is 0.245. The van der Waals surface area contributed by atoms with Gasteiger partial charge in [0.05, 0.1) is 11.0 Å². The molecule has 4 aromatic carbocycles. The number of hydrogen-bond acceptors (Lipinski definition) is 3. The molecular formula is C30H28FN3O2. The van der Waals surface area contributed by atoms with E-state index in [0.29, 0.717) is 30.0 Å². The third-order valence-corrected chi connectivity index (χ3v) is 6.22. The van der Waals surface area contributed by atoms with Crippen LogP contribution in [0.2, 0.25) is 0 Å². The number of unbranched alkanes of at least 4 members (excludes halogenated alkanes) is 1. The predicted octanol–water partition coefficient (Wildman–Crippen LogP) is 6.49. The van der Waals surface area contributed by atoms with Crippen LogP contribution in [0.25, 0.3) is 21.8 Å². The number of benzene rings is 4. The van der Waals surface area contributed by atoms with Crippen molar-refractivity contribution >= 4 is 27.7 Å². The first-order chi connectivity index (χ1) is 17.6. The molecule has 1 amide bonds. The molecule has 5 aromatic rings. The van der Waals surface area contributed by atoms with Gasteiger partial charge in [0.2, 0.25) is 0 Å². The molecule has 0 aliphatic carbocycles. The number of imidazole rings is 1. The number of halogens is 1. The van der Waals surface area contributed by atoms with Crippen LogP contribution in [0.5, 0.6) is 5.75 Å². The maximum absolute atomic E-state index is 13.9. The van der Waals surface area contributed by atoms with Gasteiger partial charge in [0.1, 0.15) is 24.0 Å². The number of hydrogen-bond donors (Lipinski definition) is 1. The van der Waals surface area contributed by atoms with Gasteiger partial charge in [-0.2, -0.15) is 0 Å². The van der Waals surface area contributed by atoms with Crippen molar-refractivity contribution in [1.29, 1.82) is 0 Å². The normalized spacial score (nSPS) is 11.2. The zero-order chi connectivity index (χ0) is 24.9. The van der Waals surface area contributed by atoms with Gasteiger partial charge in [0, 0.05) is 18.7 Å². The molecule has 0 spiro atoms. The Balaban J connectivity index is 1.46. The van der Waals surface area contributed by atoms with Crippen LogP contribution in [0.15, 0.2) is 84.9 Å². The minimum Gasteiger partial charge on any atom is -0.486 e. The van der Waals surface area contributed by atoms with Crippen molar-refractivity contribution in [2.45, 2.75) is 32.9 Å². The van der Waals surface area contributed by atoms with Gasteiger partial charge in [-0.05, 0) is 65.2 Å².